The number of pyridine rings is 1. The molecule has 0 radical (unpaired) electrons. The first-order valence-corrected chi connectivity index (χ1v) is 4.11. The van der Waals surface area contributed by atoms with Gasteiger partial charge in [0.05, 0.1) is 10.0 Å². The van der Waals surface area contributed by atoms with Crippen molar-refractivity contribution in [1.29, 1.82) is 0 Å². The second kappa shape index (κ2) is 3.57. The van der Waals surface area contributed by atoms with E-state index in [9.17, 15) is 4.79 Å². The van der Waals surface area contributed by atoms with Crippen LogP contribution in [-0.2, 0) is 0 Å². The van der Waals surface area contributed by atoms with Crippen LogP contribution < -0.4 is 5.73 Å². The number of aromatic carboxylic acids is 1. The summed E-state index contributed by atoms with van der Waals surface area (Å²) in [6.07, 6.45) is 0. The Hall–Kier alpha value is -0.710. The van der Waals surface area contributed by atoms with E-state index in [1.165, 1.54) is 0 Å². The molecule has 7 heteroatoms. The number of nitrogens with two attached hydrogens (primary N) is 1. The zero-order chi connectivity index (χ0) is 10.2. The largest absolute Gasteiger partial charge is 0.476 e. The maximum atomic E-state index is 10.5. The average Bonchev–Trinajstić information content (AvgIpc) is 2.07. The molecule has 70 valence electrons. The number of carboxylic acid groups (broad SMARTS) is 1. The second-order valence-corrected chi connectivity index (χ2v) is 3.23. The van der Waals surface area contributed by atoms with Crippen LogP contribution in [0.3, 0.4) is 0 Å². The van der Waals surface area contributed by atoms with E-state index in [0.29, 0.717) is 0 Å². The maximum Gasteiger partial charge on any atom is 0.356 e. The Balaban J connectivity index is 3.50. The number of nitrogen functional groups attached to an aromatic ring is 1. The van der Waals surface area contributed by atoms with Crippen LogP contribution in [0, 0.1) is 0 Å². The molecule has 1 aromatic rings. The van der Waals surface area contributed by atoms with Gasteiger partial charge in [-0.15, -0.1) is 0 Å². The van der Waals surface area contributed by atoms with Crippen molar-refractivity contribution in [2.24, 2.45) is 0 Å². The molecule has 0 aromatic carbocycles. The zero-order valence-electron chi connectivity index (χ0n) is 6.01. The third-order valence-corrected chi connectivity index (χ3v) is 2.58. The first-order valence-electron chi connectivity index (χ1n) is 2.98. The number of carboxylic acids is 1. The minimum atomic E-state index is -1.31. The molecule has 3 N–H and O–H groups in total. The van der Waals surface area contributed by atoms with E-state index >= 15 is 0 Å². The Bertz CT molecular complexity index is 381. The molecule has 1 aromatic heterocycles. The lowest BCUT2D eigenvalue weighted by molar-refractivity contribution is 0.0691. The molecule has 0 saturated heterocycles. The van der Waals surface area contributed by atoms with Crippen LogP contribution in [0.4, 0.5) is 5.82 Å². The molecule has 1 heterocycles. The van der Waals surface area contributed by atoms with E-state index in [4.69, 9.17) is 45.6 Å². The number of hydrogen-bond donors (Lipinski definition) is 2. The molecular formula is C6H3Cl3N2O2. The van der Waals surface area contributed by atoms with Crippen LogP contribution >= 0.6 is 34.8 Å². The van der Waals surface area contributed by atoms with Crippen LogP contribution in [0.15, 0.2) is 0 Å². The molecule has 0 aliphatic rings. The van der Waals surface area contributed by atoms with Crippen molar-refractivity contribution in [3.05, 3.63) is 20.8 Å². The number of rotatable bonds is 1. The second-order valence-electron chi connectivity index (χ2n) is 2.09. The lowest BCUT2D eigenvalue weighted by Gasteiger charge is -2.04. The molecule has 13 heavy (non-hydrogen) atoms. The highest BCUT2D eigenvalue weighted by Crippen LogP contribution is 2.34. The van der Waals surface area contributed by atoms with Gasteiger partial charge < -0.3 is 10.8 Å². The van der Waals surface area contributed by atoms with Crippen molar-refractivity contribution < 1.29 is 9.90 Å². The quantitative estimate of drug-likeness (QED) is 0.791. The molecule has 1 rings (SSSR count). The Morgan fingerprint density at radius 3 is 2.23 bits per heavy atom. The van der Waals surface area contributed by atoms with E-state index in [0.717, 1.165) is 0 Å². The highest BCUT2D eigenvalue weighted by Gasteiger charge is 2.18. The van der Waals surface area contributed by atoms with Gasteiger partial charge in [0.15, 0.2) is 5.69 Å². The lowest BCUT2D eigenvalue weighted by Crippen LogP contribution is -2.05. The molecule has 0 aliphatic heterocycles. The zero-order valence-corrected chi connectivity index (χ0v) is 8.28. The highest BCUT2D eigenvalue weighted by atomic mass is 35.5. The van der Waals surface area contributed by atoms with Crippen molar-refractivity contribution in [3.63, 3.8) is 0 Å². The predicted octanol–water partition coefficient (Wildman–Crippen LogP) is 2.32. The summed E-state index contributed by atoms with van der Waals surface area (Å²) in [5.41, 5.74) is 4.87. The maximum absolute atomic E-state index is 10.5. The Kier molecular flexibility index (Phi) is 2.85. The first-order chi connectivity index (χ1) is 5.95. The number of hydrogen-bond acceptors (Lipinski definition) is 3. The minimum Gasteiger partial charge on any atom is -0.476 e. The Labute approximate surface area is 88.2 Å². The van der Waals surface area contributed by atoms with Gasteiger partial charge in [-0.25, -0.2) is 9.78 Å². The molecule has 0 unspecified atom stereocenters. The minimum absolute atomic E-state index is 0.0448. The summed E-state index contributed by atoms with van der Waals surface area (Å²) in [5.74, 6) is -1.47. The van der Waals surface area contributed by atoms with Gasteiger partial charge in [-0.1, -0.05) is 34.8 Å². The summed E-state index contributed by atoms with van der Waals surface area (Å²) in [6, 6.07) is 0. The summed E-state index contributed by atoms with van der Waals surface area (Å²) < 4.78 is 0. The van der Waals surface area contributed by atoms with E-state index in [-0.39, 0.29) is 20.9 Å². The van der Waals surface area contributed by atoms with Crippen molar-refractivity contribution in [1.82, 2.24) is 4.98 Å². The molecule has 0 bridgehead atoms. The number of halogens is 3. The van der Waals surface area contributed by atoms with E-state index in [1.807, 2.05) is 0 Å². The van der Waals surface area contributed by atoms with Gasteiger partial charge in [0.2, 0.25) is 0 Å². The third kappa shape index (κ3) is 1.80. The number of aromatic nitrogens is 1. The lowest BCUT2D eigenvalue weighted by atomic mass is 10.3. The monoisotopic (exact) mass is 240 g/mol. The average molecular weight is 241 g/mol. The topological polar surface area (TPSA) is 76.2 Å². The van der Waals surface area contributed by atoms with Gasteiger partial charge in [0, 0.05) is 0 Å². The molecule has 0 aliphatic carbocycles. The number of anilines is 1. The Morgan fingerprint density at radius 2 is 1.77 bits per heavy atom. The van der Waals surface area contributed by atoms with Crippen molar-refractivity contribution in [3.8, 4) is 0 Å². The fraction of sp³-hybridized carbons (Fsp3) is 0. The summed E-state index contributed by atoms with van der Waals surface area (Å²) in [7, 11) is 0. The van der Waals surface area contributed by atoms with Crippen molar-refractivity contribution in [2.75, 3.05) is 5.73 Å². The van der Waals surface area contributed by atoms with Gasteiger partial charge >= 0.3 is 5.97 Å². The van der Waals surface area contributed by atoms with Crippen LogP contribution in [0.25, 0.3) is 0 Å². The summed E-state index contributed by atoms with van der Waals surface area (Å²) in [6.45, 7) is 0. The highest BCUT2D eigenvalue weighted by molar-refractivity contribution is 6.49. The molecular weight excluding hydrogens is 238 g/mol. The van der Waals surface area contributed by atoms with Crippen molar-refractivity contribution in [2.45, 2.75) is 0 Å². The predicted molar refractivity (Wildman–Crippen MR) is 50.6 cm³/mol. The van der Waals surface area contributed by atoms with Crippen LogP contribution in [0.2, 0.25) is 15.1 Å². The van der Waals surface area contributed by atoms with Gasteiger partial charge in [0.1, 0.15) is 10.8 Å². The van der Waals surface area contributed by atoms with Crippen LogP contribution in [-0.4, -0.2) is 16.1 Å². The molecule has 0 saturated carbocycles. The van der Waals surface area contributed by atoms with Gasteiger partial charge in [-0.05, 0) is 0 Å². The molecule has 0 fully saturated rings. The molecule has 0 spiro atoms. The summed E-state index contributed by atoms with van der Waals surface area (Å²) in [5, 5.41) is 8.24. The van der Waals surface area contributed by atoms with Gasteiger partial charge in [0.25, 0.3) is 0 Å². The van der Waals surface area contributed by atoms with E-state index < -0.39 is 11.7 Å². The number of nitrogens with zero attached hydrogens (tertiary/aromatic N) is 1. The van der Waals surface area contributed by atoms with Crippen molar-refractivity contribution >= 4 is 46.6 Å². The van der Waals surface area contributed by atoms with Gasteiger partial charge in [-0.2, -0.15) is 0 Å². The molecule has 0 amide bonds. The van der Waals surface area contributed by atoms with Crippen LogP contribution in [0.5, 0.6) is 0 Å². The normalized spacial score (nSPS) is 10.1. The summed E-state index contributed by atoms with van der Waals surface area (Å²) in [4.78, 5) is 14.0. The first kappa shape index (κ1) is 10.4. The standard InChI is InChI=1S/C6H3Cl3N2O2/c7-1-2(8)4(6(12)13)11-5(10)3(1)9/h(H2,10,11)(H,12,13). The fourth-order valence-electron chi connectivity index (χ4n) is 0.673. The number of carbonyl (C=O) groups is 1. The van der Waals surface area contributed by atoms with Gasteiger partial charge in [-0.3, -0.25) is 0 Å². The summed E-state index contributed by atoms with van der Waals surface area (Å²) >= 11 is 16.7. The Morgan fingerprint density at radius 1 is 1.23 bits per heavy atom. The van der Waals surface area contributed by atoms with E-state index in [2.05, 4.69) is 4.98 Å². The third-order valence-electron chi connectivity index (χ3n) is 1.25. The van der Waals surface area contributed by atoms with Crippen LogP contribution in [0.1, 0.15) is 10.5 Å². The smallest absolute Gasteiger partial charge is 0.356 e. The fourth-order valence-corrected chi connectivity index (χ4v) is 1.26. The SMILES string of the molecule is Nc1nc(C(=O)O)c(Cl)c(Cl)c1Cl. The van der Waals surface area contributed by atoms with E-state index in [1.54, 1.807) is 0 Å². The molecule has 4 nitrogen and oxygen atoms in total. The molecule has 0 atom stereocenters.